The third-order valence-corrected chi connectivity index (χ3v) is 6.30. The minimum absolute atomic E-state index is 0.00960. The smallest absolute Gasteiger partial charge is 0.259 e. The van der Waals surface area contributed by atoms with E-state index in [-0.39, 0.29) is 17.4 Å². The fourth-order valence-electron chi connectivity index (χ4n) is 3.76. The second-order valence-corrected chi connectivity index (χ2v) is 8.35. The van der Waals surface area contributed by atoms with Crippen molar-refractivity contribution in [3.05, 3.63) is 63.7 Å². The van der Waals surface area contributed by atoms with Crippen molar-refractivity contribution in [1.29, 1.82) is 0 Å². The molecule has 0 saturated heterocycles. The van der Waals surface area contributed by atoms with Crippen LogP contribution < -0.4 is 5.56 Å². The van der Waals surface area contributed by atoms with Gasteiger partial charge in [-0.2, -0.15) is 0 Å². The summed E-state index contributed by atoms with van der Waals surface area (Å²) in [5, 5.41) is 0. The maximum atomic E-state index is 13.2. The van der Waals surface area contributed by atoms with E-state index in [1.54, 1.807) is 27.9 Å². The molecule has 6 heteroatoms. The minimum atomic E-state index is -0.180. The zero-order chi connectivity index (χ0) is 18.4. The number of fused-ring (bicyclic) bond motifs is 1. The number of hydrogen-bond donors (Lipinski definition) is 0. The molecule has 1 saturated carbocycles. The normalized spacial score (nSPS) is 25.1. The average molecular weight is 372 g/mol. The summed E-state index contributed by atoms with van der Waals surface area (Å²) in [6.07, 6.45) is 6.70. The van der Waals surface area contributed by atoms with E-state index in [1.165, 1.54) is 6.08 Å². The van der Waals surface area contributed by atoms with E-state index in [2.05, 4.69) is 25.7 Å². The molecule has 0 N–H and O–H groups in total. The van der Waals surface area contributed by atoms with E-state index in [4.69, 9.17) is 4.98 Å². The molecule has 0 aliphatic heterocycles. The molecule has 3 atom stereocenters. The van der Waals surface area contributed by atoms with E-state index in [9.17, 15) is 9.18 Å². The first kappa shape index (κ1) is 17.6. The number of aryl methyl sites for hydroxylation is 1. The third-order valence-electron chi connectivity index (χ3n) is 5.33. The van der Waals surface area contributed by atoms with Crippen molar-refractivity contribution in [2.24, 2.45) is 5.92 Å². The van der Waals surface area contributed by atoms with Crippen LogP contribution in [0.3, 0.4) is 0 Å². The van der Waals surface area contributed by atoms with Crippen LogP contribution in [0.15, 0.2) is 34.9 Å². The number of allylic oxidation sites excluding steroid dienone is 2. The van der Waals surface area contributed by atoms with Gasteiger partial charge in [-0.3, -0.25) is 14.1 Å². The molecule has 1 radical (unpaired) electrons. The highest BCUT2D eigenvalue weighted by Crippen LogP contribution is 2.48. The van der Waals surface area contributed by atoms with Crippen molar-refractivity contribution in [3.63, 3.8) is 0 Å². The van der Waals surface area contributed by atoms with Crippen LogP contribution in [0.1, 0.15) is 41.9 Å². The number of likely N-dealkylation sites (N-methyl/N-ethyl adjacent to an activating group) is 1. The van der Waals surface area contributed by atoms with E-state index in [1.807, 2.05) is 6.08 Å². The van der Waals surface area contributed by atoms with Gasteiger partial charge < -0.3 is 0 Å². The summed E-state index contributed by atoms with van der Waals surface area (Å²) in [7, 11) is 0. The highest BCUT2D eigenvalue weighted by Gasteiger charge is 2.38. The van der Waals surface area contributed by atoms with Gasteiger partial charge in [0.25, 0.3) is 5.56 Å². The van der Waals surface area contributed by atoms with Crippen LogP contribution in [-0.2, 0) is 6.54 Å². The van der Waals surface area contributed by atoms with Gasteiger partial charge in [0.15, 0.2) is 4.96 Å². The molecule has 2 aromatic rings. The minimum Gasteiger partial charge on any atom is -0.291 e. The molecule has 2 aliphatic carbocycles. The molecule has 0 bridgehead atoms. The maximum absolute atomic E-state index is 13.2. The van der Waals surface area contributed by atoms with Crippen LogP contribution in [-0.4, -0.2) is 26.9 Å². The van der Waals surface area contributed by atoms with E-state index < -0.39 is 0 Å². The van der Waals surface area contributed by atoms with Gasteiger partial charge in [-0.1, -0.05) is 13.0 Å². The fourth-order valence-corrected chi connectivity index (χ4v) is 4.82. The summed E-state index contributed by atoms with van der Waals surface area (Å²) in [4.78, 5) is 21.7. The quantitative estimate of drug-likeness (QED) is 0.796. The molecule has 1 fully saturated rings. The number of thiazole rings is 1. The maximum Gasteiger partial charge on any atom is 0.259 e. The Bertz CT molecular complexity index is 958. The Balaban J connectivity index is 1.63. The first-order valence-corrected chi connectivity index (χ1v) is 9.92. The van der Waals surface area contributed by atoms with Crippen molar-refractivity contribution >= 4 is 16.3 Å². The van der Waals surface area contributed by atoms with E-state index >= 15 is 0 Å². The largest absolute Gasteiger partial charge is 0.291 e. The second-order valence-electron chi connectivity index (χ2n) is 7.16. The topological polar surface area (TPSA) is 37.6 Å². The molecule has 2 heterocycles. The van der Waals surface area contributed by atoms with E-state index in [0.717, 1.165) is 34.2 Å². The Hall–Kier alpha value is -1.79. The summed E-state index contributed by atoms with van der Waals surface area (Å²) < 4.78 is 15.0. The van der Waals surface area contributed by atoms with Crippen LogP contribution in [0.4, 0.5) is 4.39 Å². The van der Waals surface area contributed by atoms with Crippen LogP contribution in [0, 0.1) is 19.8 Å². The van der Waals surface area contributed by atoms with Crippen molar-refractivity contribution in [1.82, 2.24) is 14.3 Å². The summed E-state index contributed by atoms with van der Waals surface area (Å²) in [6.45, 7) is 9.64. The Morgan fingerprint density at radius 3 is 2.88 bits per heavy atom. The molecule has 137 valence electrons. The summed E-state index contributed by atoms with van der Waals surface area (Å²) in [5.41, 5.74) is 1.86. The Labute approximate surface area is 156 Å². The van der Waals surface area contributed by atoms with Gasteiger partial charge in [-0.15, -0.1) is 11.3 Å². The third kappa shape index (κ3) is 3.16. The molecule has 2 aliphatic rings. The van der Waals surface area contributed by atoms with Gasteiger partial charge in [0.05, 0.1) is 5.69 Å². The second kappa shape index (κ2) is 6.74. The molecular formula is C20H23FN3OS. The van der Waals surface area contributed by atoms with E-state index in [0.29, 0.717) is 24.8 Å². The van der Waals surface area contributed by atoms with Crippen LogP contribution in [0.25, 0.3) is 4.96 Å². The van der Waals surface area contributed by atoms with Crippen LogP contribution >= 0.6 is 11.3 Å². The number of rotatable bonds is 5. The summed E-state index contributed by atoms with van der Waals surface area (Å²) in [6, 6.07) is 1.79. The number of halogens is 1. The SMILES string of the molecule is [CH2]C1CC1c1c(C)sc2nc(CN(CC)C3C=CC(F)=CC3)cc(=O)n12. The molecule has 0 aromatic carbocycles. The Kier molecular flexibility index (Phi) is 4.57. The lowest BCUT2D eigenvalue weighted by molar-refractivity contribution is 0.228. The predicted molar refractivity (Wildman–Crippen MR) is 103 cm³/mol. The first-order chi connectivity index (χ1) is 12.5. The van der Waals surface area contributed by atoms with Gasteiger partial charge in [0, 0.05) is 35.1 Å². The Morgan fingerprint density at radius 2 is 2.27 bits per heavy atom. The van der Waals surface area contributed by atoms with Crippen molar-refractivity contribution in [2.45, 2.75) is 45.2 Å². The van der Waals surface area contributed by atoms with Gasteiger partial charge >= 0.3 is 0 Å². The Morgan fingerprint density at radius 1 is 1.50 bits per heavy atom. The highest BCUT2D eigenvalue weighted by atomic mass is 32.1. The molecule has 3 unspecified atom stereocenters. The van der Waals surface area contributed by atoms with Gasteiger partial charge in [0.1, 0.15) is 5.83 Å². The monoisotopic (exact) mass is 372 g/mol. The number of nitrogens with zero attached hydrogens (tertiary/aromatic N) is 3. The van der Waals surface area contributed by atoms with Gasteiger partial charge in [-0.05, 0) is 51.3 Å². The highest BCUT2D eigenvalue weighted by molar-refractivity contribution is 7.17. The zero-order valence-electron chi connectivity index (χ0n) is 15.1. The number of aromatic nitrogens is 2. The standard InChI is InChI=1S/C20H23FN3OS/c1-4-23(16-7-5-14(21)6-8-16)11-15-10-18(25)24-19(17-9-12(17)2)13(3)26-20(24)22-15/h5-7,10,12,16-17H,2,4,8-9,11H2,1,3H3. The molecule has 26 heavy (non-hydrogen) atoms. The summed E-state index contributed by atoms with van der Waals surface area (Å²) in [5.74, 6) is 0.607. The molecule has 0 spiro atoms. The molecular weight excluding hydrogens is 349 g/mol. The van der Waals surface area contributed by atoms with Crippen molar-refractivity contribution in [3.8, 4) is 0 Å². The molecule has 4 rings (SSSR count). The summed E-state index contributed by atoms with van der Waals surface area (Å²) >= 11 is 1.58. The fraction of sp³-hybridized carbons (Fsp3) is 0.450. The van der Waals surface area contributed by atoms with Gasteiger partial charge in [0.2, 0.25) is 0 Å². The predicted octanol–water partition coefficient (Wildman–Crippen LogP) is 4.01. The lowest BCUT2D eigenvalue weighted by atomic mass is 10.1. The van der Waals surface area contributed by atoms with Gasteiger partial charge in [-0.25, -0.2) is 9.37 Å². The lowest BCUT2D eigenvalue weighted by Crippen LogP contribution is -2.34. The van der Waals surface area contributed by atoms with Crippen molar-refractivity contribution in [2.75, 3.05) is 6.54 Å². The zero-order valence-corrected chi connectivity index (χ0v) is 15.9. The average Bonchev–Trinajstić information content (AvgIpc) is 3.22. The van der Waals surface area contributed by atoms with Crippen LogP contribution in [0.2, 0.25) is 0 Å². The molecule has 4 nitrogen and oxygen atoms in total. The van der Waals surface area contributed by atoms with Crippen molar-refractivity contribution < 1.29 is 4.39 Å². The first-order valence-electron chi connectivity index (χ1n) is 9.11. The number of hydrogen-bond acceptors (Lipinski definition) is 4. The molecule has 0 amide bonds. The van der Waals surface area contributed by atoms with Crippen LogP contribution in [0.5, 0.6) is 0 Å². The lowest BCUT2D eigenvalue weighted by Gasteiger charge is -2.28. The molecule has 2 aromatic heterocycles.